The Morgan fingerprint density at radius 1 is 1.13 bits per heavy atom. The molecule has 8 nitrogen and oxygen atoms in total. The van der Waals surface area contributed by atoms with Crippen molar-refractivity contribution in [3.8, 4) is 0 Å². The number of carbonyl (C=O) groups excluding carboxylic acids is 1. The number of fused-ring (bicyclic) bond motifs is 1. The lowest BCUT2D eigenvalue weighted by atomic mass is 10.1. The molecule has 4 rings (SSSR count). The van der Waals surface area contributed by atoms with Gasteiger partial charge >= 0.3 is 0 Å². The van der Waals surface area contributed by atoms with Gasteiger partial charge in [-0.1, -0.05) is 34.6 Å². The molecule has 9 heteroatoms. The first kappa shape index (κ1) is 20.2. The van der Waals surface area contributed by atoms with Crippen molar-refractivity contribution in [2.45, 2.75) is 37.2 Å². The van der Waals surface area contributed by atoms with Gasteiger partial charge in [0.05, 0.1) is 11.4 Å². The highest BCUT2D eigenvalue weighted by Crippen LogP contribution is 2.27. The quantitative estimate of drug-likeness (QED) is 0.647. The minimum absolute atomic E-state index is 0.0627. The highest BCUT2D eigenvalue weighted by molar-refractivity contribution is 7.89. The molecule has 0 bridgehead atoms. The summed E-state index contributed by atoms with van der Waals surface area (Å²) in [6.45, 7) is 1.79. The smallest absolute Gasteiger partial charge is 0.251 e. The molecule has 0 aliphatic heterocycles. The molecule has 3 aromatic rings. The van der Waals surface area contributed by atoms with E-state index in [1.807, 2.05) is 24.3 Å². The molecule has 0 unspecified atom stereocenters. The van der Waals surface area contributed by atoms with E-state index in [0.717, 1.165) is 11.1 Å². The van der Waals surface area contributed by atoms with Gasteiger partial charge < -0.3 is 5.32 Å². The van der Waals surface area contributed by atoms with Crippen molar-refractivity contribution in [1.29, 1.82) is 0 Å². The highest BCUT2D eigenvalue weighted by atomic mass is 32.2. The van der Waals surface area contributed by atoms with Crippen LogP contribution >= 0.6 is 0 Å². The van der Waals surface area contributed by atoms with Crippen LogP contribution in [-0.4, -0.2) is 42.0 Å². The number of nitrogens with zero attached hydrogens (tertiary/aromatic N) is 3. The zero-order valence-electron chi connectivity index (χ0n) is 16.7. The van der Waals surface area contributed by atoms with Gasteiger partial charge in [-0.3, -0.25) is 4.79 Å². The average Bonchev–Trinajstić information content (AvgIpc) is 3.33. The predicted molar refractivity (Wildman–Crippen MR) is 109 cm³/mol. The first-order chi connectivity index (χ1) is 14.3. The molecule has 156 valence electrons. The maximum Gasteiger partial charge on any atom is 0.251 e. The van der Waals surface area contributed by atoms with Crippen LogP contribution in [0.3, 0.4) is 0 Å². The molecule has 1 aliphatic carbocycles. The molecule has 0 saturated heterocycles. The average molecular weight is 426 g/mol. The van der Waals surface area contributed by atoms with Gasteiger partial charge in [-0.25, -0.2) is 13.0 Å². The Hall–Kier alpha value is -3.04. The lowest BCUT2D eigenvalue weighted by Crippen LogP contribution is -2.35. The molecule has 1 amide bonds. The van der Waals surface area contributed by atoms with E-state index < -0.39 is 10.0 Å². The number of benzene rings is 2. The summed E-state index contributed by atoms with van der Waals surface area (Å²) >= 11 is 0. The fourth-order valence-corrected chi connectivity index (χ4v) is 4.77. The number of amides is 1. The second-order valence-electron chi connectivity index (χ2n) is 7.43. The number of hydrogen-bond acceptors (Lipinski definition) is 6. The number of aryl methyl sites for hydroxylation is 1. The first-order valence-corrected chi connectivity index (χ1v) is 11.0. The maximum atomic E-state index is 13.0. The van der Waals surface area contributed by atoms with Crippen molar-refractivity contribution in [2.75, 3.05) is 7.05 Å². The molecule has 0 saturated carbocycles. The number of aromatic nitrogens is 2. The Morgan fingerprint density at radius 2 is 1.87 bits per heavy atom. The molecule has 1 N–H and O–H groups in total. The summed E-state index contributed by atoms with van der Waals surface area (Å²) in [5, 5.41) is 10.5. The van der Waals surface area contributed by atoms with Crippen molar-refractivity contribution in [3.05, 3.63) is 76.6 Å². The van der Waals surface area contributed by atoms with Gasteiger partial charge in [0.1, 0.15) is 11.4 Å². The Morgan fingerprint density at radius 3 is 2.57 bits per heavy atom. The van der Waals surface area contributed by atoms with Crippen molar-refractivity contribution in [1.82, 2.24) is 19.9 Å². The third-order valence-corrected chi connectivity index (χ3v) is 7.11. The van der Waals surface area contributed by atoms with Gasteiger partial charge in [0.25, 0.3) is 5.91 Å². The van der Waals surface area contributed by atoms with Crippen LogP contribution in [0, 0.1) is 6.92 Å². The molecule has 1 atom stereocenters. The summed E-state index contributed by atoms with van der Waals surface area (Å²) in [5.74, 6) is -0.127. The zero-order valence-corrected chi connectivity index (χ0v) is 17.5. The van der Waals surface area contributed by atoms with Gasteiger partial charge in [-0.05, 0) is 55.2 Å². The first-order valence-electron chi connectivity index (χ1n) is 9.56. The second-order valence-corrected chi connectivity index (χ2v) is 9.48. The van der Waals surface area contributed by atoms with Crippen LogP contribution in [0.2, 0.25) is 0 Å². The normalized spacial score (nSPS) is 15.9. The van der Waals surface area contributed by atoms with Crippen molar-refractivity contribution in [2.24, 2.45) is 0 Å². The van der Waals surface area contributed by atoms with Crippen LogP contribution in [0.4, 0.5) is 0 Å². The van der Waals surface area contributed by atoms with Crippen LogP contribution in [0.5, 0.6) is 0 Å². The molecule has 1 aromatic heterocycles. The van der Waals surface area contributed by atoms with Crippen LogP contribution in [0.1, 0.15) is 32.9 Å². The number of hydrogen-bond donors (Lipinski definition) is 1. The SMILES string of the molecule is Cc1nonc1CN(C)S(=O)(=O)c1ccc2c(c1)C[C@H](NC(=O)c1ccccc1)C2. The van der Waals surface area contributed by atoms with Crippen molar-refractivity contribution < 1.29 is 17.8 Å². The van der Waals surface area contributed by atoms with Crippen molar-refractivity contribution in [3.63, 3.8) is 0 Å². The van der Waals surface area contributed by atoms with Gasteiger partial charge in [0.2, 0.25) is 10.0 Å². The van der Waals surface area contributed by atoms with Crippen molar-refractivity contribution >= 4 is 15.9 Å². The molecule has 30 heavy (non-hydrogen) atoms. The lowest BCUT2D eigenvalue weighted by Gasteiger charge is -2.16. The van der Waals surface area contributed by atoms with E-state index in [0.29, 0.717) is 29.8 Å². The highest BCUT2D eigenvalue weighted by Gasteiger charge is 2.28. The summed E-state index contributed by atoms with van der Waals surface area (Å²) < 4.78 is 31.9. The molecule has 0 radical (unpaired) electrons. The Labute approximate surface area is 174 Å². The standard InChI is InChI=1S/C21H22N4O4S/c1-14-20(24-29-23-14)13-25(2)30(27,28)19-9-8-16-10-18(11-17(16)12-19)22-21(26)15-6-4-3-5-7-15/h3-9,12,18H,10-11,13H2,1-2H3,(H,22,26)/t18-/m1/s1. The molecule has 1 aliphatic rings. The number of rotatable bonds is 6. The van der Waals surface area contributed by atoms with E-state index in [1.165, 1.54) is 11.4 Å². The van der Waals surface area contributed by atoms with E-state index in [-0.39, 0.29) is 23.4 Å². The van der Waals surface area contributed by atoms with E-state index in [1.54, 1.807) is 31.2 Å². The third-order valence-electron chi connectivity index (χ3n) is 5.31. The van der Waals surface area contributed by atoms with Gasteiger partial charge in [0, 0.05) is 18.7 Å². The fourth-order valence-electron chi connectivity index (χ4n) is 3.58. The van der Waals surface area contributed by atoms with Crippen LogP contribution < -0.4 is 5.32 Å². The molecule has 2 aromatic carbocycles. The summed E-state index contributed by atoms with van der Waals surface area (Å²) in [7, 11) is -2.20. The van der Waals surface area contributed by atoms with Crippen LogP contribution in [0.15, 0.2) is 58.1 Å². The minimum Gasteiger partial charge on any atom is -0.349 e. The Balaban J connectivity index is 1.47. The summed E-state index contributed by atoms with van der Waals surface area (Å²) in [6.07, 6.45) is 1.27. The predicted octanol–water partition coefficient (Wildman–Crippen LogP) is 2.10. The summed E-state index contributed by atoms with van der Waals surface area (Å²) in [6, 6.07) is 14.1. The number of sulfonamides is 1. The van der Waals surface area contributed by atoms with Gasteiger partial charge in [-0.2, -0.15) is 4.31 Å². The van der Waals surface area contributed by atoms with Crippen LogP contribution in [0.25, 0.3) is 0 Å². The Bertz CT molecular complexity index is 1170. The van der Waals surface area contributed by atoms with E-state index >= 15 is 0 Å². The van der Waals surface area contributed by atoms with Crippen LogP contribution in [-0.2, 0) is 29.4 Å². The van der Waals surface area contributed by atoms with Gasteiger partial charge in [0.15, 0.2) is 0 Å². The zero-order chi connectivity index (χ0) is 21.3. The fraction of sp³-hybridized carbons (Fsp3) is 0.286. The monoisotopic (exact) mass is 426 g/mol. The molecular formula is C21H22N4O4S. The summed E-state index contributed by atoms with van der Waals surface area (Å²) in [5.41, 5.74) is 3.62. The molecular weight excluding hydrogens is 404 g/mol. The maximum absolute atomic E-state index is 13.0. The van der Waals surface area contributed by atoms with E-state index in [4.69, 9.17) is 0 Å². The number of nitrogens with one attached hydrogen (secondary N) is 1. The topological polar surface area (TPSA) is 105 Å². The number of carbonyl (C=O) groups is 1. The lowest BCUT2D eigenvalue weighted by molar-refractivity contribution is 0.0938. The second kappa shape index (κ2) is 8.00. The minimum atomic E-state index is -3.70. The molecule has 0 spiro atoms. The molecule has 0 fully saturated rings. The summed E-state index contributed by atoms with van der Waals surface area (Å²) in [4.78, 5) is 12.6. The molecule has 1 heterocycles. The van der Waals surface area contributed by atoms with E-state index in [9.17, 15) is 13.2 Å². The van der Waals surface area contributed by atoms with Gasteiger partial charge in [-0.15, -0.1) is 0 Å². The third kappa shape index (κ3) is 3.99. The largest absolute Gasteiger partial charge is 0.349 e. The van der Waals surface area contributed by atoms with E-state index in [2.05, 4.69) is 20.3 Å². The Kier molecular flexibility index (Phi) is 5.40.